The van der Waals surface area contributed by atoms with E-state index in [1.807, 2.05) is 0 Å². The maximum absolute atomic E-state index is 13.8. The maximum atomic E-state index is 13.8. The van der Waals surface area contributed by atoms with Crippen molar-refractivity contribution in [2.24, 2.45) is 0 Å². The molecule has 0 radical (unpaired) electrons. The van der Waals surface area contributed by atoms with Crippen LogP contribution in [0.15, 0.2) is 24.4 Å². The summed E-state index contributed by atoms with van der Waals surface area (Å²) in [6.45, 7) is 1.45. The predicted octanol–water partition coefficient (Wildman–Crippen LogP) is 0.792. The van der Waals surface area contributed by atoms with E-state index in [1.165, 1.54) is 18.3 Å². The summed E-state index contributed by atoms with van der Waals surface area (Å²) in [4.78, 5) is 21.4. The molecule has 2 atom stereocenters. The molecule has 3 rings (SSSR count). The average Bonchev–Trinajstić information content (AvgIpc) is 2.48. The predicted molar refractivity (Wildman–Crippen MR) is 75.4 cm³/mol. The molecule has 0 unspecified atom stereocenters. The van der Waals surface area contributed by atoms with Crippen LogP contribution < -0.4 is 0 Å². The minimum Gasteiger partial charge on any atom is -0.388 e. The standard InChI is InChI=1S/C15H15FN2O4/c1-8-2-9-4-10(5-17-14(9)11(16)3-8)15(21)18-6-12(19)13(20)7-22-18/h2-5,12-13,19-20H,6-7H2,1H3/t12-,13+/m1/s1. The number of hydrogen-bond donors (Lipinski definition) is 2. The topological polar surface area (TPSA) is 82.9 Å². The highest BCUT2D eigenvalue weighted by molar-refractivity contribution is 5.97. The van der Waals surface area contributed by atoms with E-state index >= 15 is 0 Å². The number of benzene rings is 1. The van der Waals surface area contributed by atoms with Gasteiger partial charge in [0.15, 0.2) is 0 Å². The SMILES string of the molecule is Cc1cc(F)c2ncc(C(=O)N3C[C@@H](O)[C@@H](O)CO3)cc2c1. The number of aliphatic hydroxyl groups excluding tert-OH is 2. The maximum Gasteiger partial charge on any atom is 0.279 e. The van der Waals surface area contributed by atoms with Crippen LogP contribution in [-0.4, -0.2) is 51.5 Å². The number of amides is 1. The summed E-state index contributed by atoms with van der Waals surface area (Å²) in [5.74, 6) is -0.941. The van der Waals surface area contributed by atoms with Crippen molar-refractivity contribution in [3.63, 3.8) is 0 Å². The molecule has 1 aromatic carbocycles. The molecular formula is C15H15FN2O4. The van der Waals surface area contributed by atoms with Gasteiger partial charge in [-0.2, -0.15) is 0 Å². The molecule has 2 aromatic rings. The lowest BCUT2D eigenvalue weighted by molar-refractivity contribution is -0.212. The quantitative estimate of drug-likeness (QED) is 0.814. The van der Waals surface area contributed by atoms with E-state index in [0.717, 1.165) is 10.6 Å². The molecule has 1 aliphatic rings. The van der Waals surface area contributed by atoms with Gasteiger partial charge in [-0.05, 0) is 30.7 Å². The molecule has 1 amide bonds. The zero-order valence-corrected chi connectivity index (χ0v) is 11.9. The number of aryl methyl sites for hydroxylation is 1. The fourth-order valence-corrected chi connectivity index (χ4v) is 2.37. The molecule has 0 bridgehead atoms. The Balaban J connectivity index is 1.91. The van der Waals surface area contributed by atoms with Gasteiger partial charge >= 0.3 is 0 Å². The number of fused-ring (bicyclic) bond motifs is 1. The molecule has 7 heteroatoms. The van der Waals surface area contributed by atoms with Crippen LogP contribution in [0, 0.1) is 12.7 Å². The summed E-state index contributed by atoms with van der Waals surface area (Å²) >= 11 is 0. The van der Waals surface area contributed by atoms with E-state index < -0.39 is 23.9 Å². The molecule has 1 aromatic heterocycles. The Morgan fingerprint density at radius 2 is 2.14 bits per heavy atom. The van der Waals surface area contributed by atoms with Crippen LogP contribution in [0.3, 0.4) is 0 Å². The first-order valence-corrected chi connectivity index (χ1v) is 6.82. The molecule has 22 heavy (non-hydrogen) atoms. The van der Waals surface area contributed by atoms with Crippen LogP contribution in [0.25, 0.3) is 10.9 Å². The van der Waals surface area contributed by atoms with Gasteiger partial charge in [-0.15, -0.1) is 0 Å². The first-order valence-electron chi connectivity index (χ1n) is 6.82. The first-order chi connectivity index (χ1) is 10.5. The normalized spacial score (nSPS) is 22.1. The van der Waals surface area contributed by atoms with Crippen molar-refractivity contribution >= 4 is 16.8 Å². The van der Waals surface area contributed by atoms with E-state index in [0.29, 0.717) is 5.39 Å². The summed E-state index contributed by atoms with van der Waals surface area (Å²) in [5.41, 5.74) is 1.14. The zero-order chi connectivity index (χ0) is 15.9. The third-order valence-corrected chi connectivity index (χ3v) is 3.55. The van der Waals surface area contributed by atoms with Gasteiger partial charge in [0.1, 0.15) is 30.1 Å². The number of aliphatic hydroxyl groups is 2. The second kappa shape index (κ2) is 5.60. The van der Waals surface area contributed by atoms with Crippen LogP contribution >= 0.6 is 0 Å². The van der Waals surface area contributed by atoms with Crippen molar-refractivity contribution in [3.8, 4) is 0 Å². The molecule has 0 spiro atoms. The van der Waals surface area contributed by atoms with Gasteiger partial charge in [0, 0.05) is 11.6 Å². The van der Waals surface area contributed by atoms with Gasteiger partial charge in [0.2, 0.25) is 0 Å². The fourth-order valence-electron chi connectivity index (χ4n) is 2.37. The molecule has 116 valence electrons. The number of carbonyl (C=O) groups is 1. The van der Waals surface area contributed by atoms with Crippen molar-refractivity contribution in [1.29, 1.82) is 0 Å². The molecule has 1 aliphatic heterocycles. The van der Waals surface area contributed by atoms with Crippen LogP contribution in [0.2, 0.25) is 0 Å². The van der Waals surface area contributed by atoms with Crippen molar-refractivity contribution in [2.45, 2.75) is 19.1 Å². The Labute approximate surface area is 125 Å². The second-order valence-corrected chi connectivity index (χ2v) is 5.34. The number of hydroxylamine groups is 2. The summed E-state index contributed by atoms with van der Waals surface area (Å²) < 4.78 is 13.8. The highest BCUT2D eigenvalue weighted by Crippen LogP contribution is 2.20. The van der Waals surface area contributed by atoms with Crippen LogP contribution in [0.1, 0.15) is 15.9 Å². The Morgan fingerprint density at radius 3 is 2.86 bits per heavy atom. The molecule has 1 fully saturated rings. The minimum absolute atomic E-state index is 0.139. The first kappa shape index (κ1) is 14.8. The fraction of sp³-hybridized carbons (Fsp3) is 0.333. The zero-order valence-electron chi connectivity index (χ0n) is 11.9. The number of rotatable bonds is 1. The Bertz CT molecular complexity index is 737. The molecule has 0 aliphatic carbocycles. The number of carbonyl (C=O) groups excluding carboxylic acids is 1. The number of halogens is 1. The van der Waals surface area contributed by atoms with E-state index in [-0.39, 0.29) is 24.2 Å². The largest absolute Gasteiger partial charge is 0.388 e. The van der Waals surface area contributed by atoms with E-state index in [4.69, 9.17) is 4.84 Å². The molecule has 0 saturated carbocycles. The molecule has 2 heterocycles. The second-order valence-electron chi connectivity index (χ2n) is 5.34. The third kappa shape index (κ3) is 2.66. The van der Waals surface area contributed by atoms with Gasteiger partial charge < -0.3 is 10.2 Å². The smallest absolute Gasteiger partial charge is 0.279 e. The number of β-amino-alcohol motifs (C(OH)–C–C–N with tert-alkyl or cyclic N) is 1. The lowest BCUT2D eigenvalue weighted by atomic mass is 10.1. The third-order valence-electron chi connectivity index (χ3n) is 3.55. The molecular weight excluding hydrogens is 291 g/mol. The number of pyridine rings is 1. The van der Waals surface area contributed by atoms with Crippen molar-refractivity contribution in [2.75, 3.05) is 13.2 Å². The summed E-state index contributed by atoms with van der Waals surface area (Å²) in [7, 11) is 0. The van der Waals surface area contributed by atoms with Crippen LogP contribution in [0.5, 0.6) is 0 Å². The Hall–Kier alpha value is -2.09. The summed E-state index contributed by atoms with van der Waals surface area (Å²) in [6, 6.07) is 4.64. The Morgan fingerprint density at radius 1 is 1.36 bits per heavy atom. The summed E-state index contributed by atoms with van der Waals surface area (Å²) in [5, 5.41) is 20.5. The van der Waals surface area contributed by atoms with E-state index in [9.17, 15) is 19.4 Å². The highest BCUT2D eigenvalue weighted by atomic mass is 19.1. The van der Waals surface area contributed by atoms with Crippen molar-refractivity contribution < 1.29 is 24.2 Å². The number of hydrogen-bond acceptors (Lipinski definition) is 5. The number of nitrogens with zero attached hydrogens (tertiary/aromatic N) is 2. The van der Waals surface area contributed by atoms with Crippen molar-refractivity contribution in [1.82, 2.24) is 10.0 Å². The van der Waals surface area contributed by atoms with Crippen molar-refractivity contribution in [3.05, 3.63) is 41.3 Å². The molecule has 6 nitrogen and oxygen atoms in total. The van der Waals surface area contributed by atoms with Gasteiger partial charge in [-0.1, -0.05) is 0 Å². The summed E-state index contributed by atoms with van der Waals surface area (Å²) in [6.07, 6.45) is -0.814. The highest BCUT2D eigenvalue weighted by Gasteiger charge is 2.30. The average molecular weight is 306 g/mol. The van der Waals surface area contributed by atoms with Crippen LogP contribution in [0.4, 0.5) is 4.39 Å². The monoisotopic (exact) mass is 306 g/mol. The van der Waals surface area contributed by atoms with Gasteiger partial charge in [-0.25, -0.2) is 9.45 Å². The van der Waals surface area contributed by atoms with E-state index in [2.05, 4.69) is 4.98 Å². The van der Waals surface area contributed by atoms with E-state index in [1.54, 1.807) is 13.0 Å². The van der Waals surface area contributed by atoms with Gasteiger partial charge in [-0.3, -0.25) is 14.6 Å². The molecule has 2 N–H and O–H groups in total. The Kier molecular flexibility index (Phi) is 3.78. The van der Waals surface area contributed by atoms with Gasteiger partial charge in [0.25, 0.3) is 5.91 Å². The lowest BCUT2D eigenvalue weighted by Gasteiger charge is -2.32. The van der Waals surface area contributed by atoms with Gasteiger partial charge in [0.05, 0.1) is 12.1 Å². The molecule has 1 saturated heterocycles. The minimum atomic E-state index is -1.06. The number of aromatic nitrogens is 1. The lowest BCUT2D eigenvalue weighted by Crippen LogP contribution is -2.50. The van der Waals surface area contributed by atoms with Crippen LogP contribution in [-0.2, 0) is 4.84 Å².